The van der Waals surface area contributed by atoms with Gasteiger partial charge in [-0.1, -0.05) is 25.1 Å². The summed E-state index contributed by atoms with van der Waals surface area (Å²) in [7, 11) is 0. The van der Waals surface area contributed by atoms with Crippen molar-refractivity contribution < 1.29 is 14.3 Å². The molecule has 2 aromatic rings. The fourth-order valence-electron chi connectivity index (χ4n) is 5.28. The molecule has 0 atom stereocenters. The van der Waals surface area contributed by atoms with E-state index in [4.69, 9.17) is 9.72 Å². The minimum atomic E-state index is 0.0440. The number of fused-ring (bicyclic) bond motifs is 1. The first-order valence-corrected chi connectivity index (χ1v) is 12.4. The second kappa shape index (κ2) is 9.67. The molecular formula is C26H34N4O3. The lowest BCUT2D eigenvalue weighted by atomic mass is 9.92. The number of aromatic nitrogens is 1. The summed E-state index contributed by atoms with van der Waals surface area (Å²) in [4.78, 5) is 37.5. The molecule has 1 aromatic carbocycles. The Bertz CT molecular complexity index is 1000. The van der Waals surface area contributed by atoms with Crippen molar-refractivity contribution >= 4 is 28.5 Å². The number of likely N-dealkylation sites (tertiary alicyclic amines) is 1. The monoisotopic (exact) mass is 450 g/mol. The van der Waals surface area contributed by atoms with Crippen molar-refractivity contribution in [2.75, 3.05) is 57.4 Å². The number of para-hydroxylation sites is 1. The van der Waals surface area contributed by atoms with Gasteiger partial charge in [-0.3, -0.25) is 9.59 Å². The molecule has 0 aliphatic carbocycles. The lowest BCUT2D eigenvalue weighted by Gasteiger charge is -2.37. The second-order valence-electron chi connectivity index (χ2n) is 9.72. The number of ether oxygens (including phenoxy) is 1. The van der Waals surface area contributed by atoms with E-state index in [-0.39, 0.29) is 11.8 Å². The lowest BCUT2D eigenvalue weighted by molar-refractivity contribution is -0.137. The normalized spacial score (nSPS) is 20.9. The van der Waals surface area contributed by atoms with Crippen molar-refractivity contribution in [1.29, 1.82) is 0 Å². The molecule has 3 fully saturated rings. The van der Waals surface area contributed by atoms with E-state index in [1.54, 1.807) is 0 Å². The van der Waals surface area contributed by atoms with Crippen molar-refractivity contribution in [1.82, 2.24) is 14.8 Å². The Kier molecular flexibility index (Phi) is 6.49. The molecule has 0 unspecified atom stereocenters. The van der Waals surface area contributed by atoms with Crippen LogP contribution in [0.1, 0.15) is 43.0 Å². The molecule has 7 heteroatoms. The number of rotatable bonds is 3. The zero-order valence-corrected chi connectivity index (χ0v) is 19.5. The SMILES string of the molecule is CC1CCN(C(=O)C2CCN(c3cc(C(=O)N4CCOCC4)c4ccccc4n3)CC2)CC1. The van der Waals surface area contributed by atoms with Crippen LogP contribution in [0.2, 0.25) is 0 Å². The number of hydrogen-bond donors (Lipinski definition) is 0. The Labute approximate surface area is 195 Å². The maximum Gasteiger partial charge on any atom is 0.254 e. The van der Waals surface area contributed by atoms with E-state index in [1.807, 2.05) is 35.2 Å². The number of pyridine rings is 1. The van der Waals surface area contributed by atoms with Crippen LogP contribution >= 0.6 is 0 Å². The molecule has 3 aliphatic rings. The van der Waals surface area contributed by atoms with Gasteiger partial charge in [0.25, 0.3) is 5.91 Å². The second-order valence-corrected chi connectivity index (χ2v) is 9.72. The van der Waals surface area contributed by atoms with Crippen LogP contribution in [0.4, 0.5) is 5.82 Å². The van der Waals surface area contributed by atoms with Crippen LogP contribution in [-0.2, 0) is 9.53 Å². The largest absolute Gasteiger partial charge is 0.378 e. The third-order valence-electron chi connectivity index (χ3n) is 7.49. The van der Waals surface area contributed by atoms with Gasteiger partial charge in [0, 0.05) is 50.6 Å². The average Bonchev–Trinajstić information content (AvgIpc) is 2.88. The van der Waals surface area contributed by atoms with Gasteiger partial charge in [-0.25, -0.2) is 4.98 Å². The number of carbonyl (C=O) groups excluding carboxylic acids is 2. The van der Waals surface area contributed by atoms with Gasteiger partial charge in [-0.15, -0.1) is 0 Å². The van der Waals surface area contributed by atoms with E-state index in [1.165, 1.54) is 0 Å². The van der Waals surface area contributed by atoms with Gasteiger partial charge in [-0.2, -0.15) is 0 Å². The Morgan fingerprint density at radius 2 is 1.61 bits per heavy atom. The molecule has 2 amide bonds. The molecule has 0 spiro atoms. The highest BCUT2D eigenvalue weighted by Crippen LogP contribution is 2.29. The number of piperidine rings is 2. The fraction of sp³-hybridized carbons (Fsp3) is 0.577. The molecule has 33 heavy (non-hydrogen) atoms. The number of anilines is 1. The molecule has 0 saturated carbocycles. The number of hydrogen-bond acceptors (Lipinski definition) is 5. The van der Waals surface area contributed by atoms with Crippen molar-refractivity contribution in [2.24, 2.45) is 11.8 Å². The molecule has 3 saturated heterocycles. The summed E-state index contributed by atoms with van der Waals surface area (Å²) < 4.78 is 5.42. The number of amides is 2. The highest BCUT2D eigenvalue weighted by Gasteiger charge is 2.31. The highest BCUT2D eigenvalue weighted by atomic mass is 16.5. The van der Waals surface area contributed by atoms with Crippen molar-refractivity contribution in [2.45, 2.75) is 32.6 Å². The Morgan fingerprint density at radius 3 is 2.33 bits per heavy atom. The number of carbonyl (C=O) groups is 2. The maximum atomic E-state index is 13.4. The number of morpholine rings is 1. The van der Waals surface area contributed by atoms with Gasteiger partial charge in [0.2, 0.25) is 5.91 Å². The Balaban J connectivity index is 1.32. The fourth-order valence-corrected chi connectivity index (χ4v) is 5.28. The summed E-state index contributed by atoms with van der Waals surface area (Å²) in [5.41, 5.74) is 1.55. The molecule has 0 bridgehead atoms. The van der Waals surface area contributed by atoms with Crippen LogP contribution in [0.5, 0.6) is 0 Å². The molecule has 5 rings (SSSR count). The molecule has 4 heterocycles. The summed E-state index contributed by atoms with van der Waals surface area (Å²) >= 11 is 0. The van der Waals surface area contributed by atoms with Gasteiger partial charge >= 0.3 is 0 Å². The van der Waals surface area contributed by atoms with Gasteiger partial charge in [0.15, 0.2) is 0 Å². The smallest absolute Gasteiger partial charge is 0.254 e. The Morgan fingerprint density at radius 1 is 0.909 bits per heavy atom. The minimum absolute atomic E-state index is 0.0440. The molecular weight excluding hydrogens is 416 g/mol. The van der Waals surface area contributed by atoms with Crippen molar-refractivity contribution in [3.8, 4) is 0 Å². The van der Waals surface area contributed by atoms with Crippen LogP contribution in [0.3, 0.4) is 0 Å². The molecule has 3 aliphatic heterocycles. The first-order valence-electron chi connectivity index (χ1n) is 12.4. The zero-order chi connectivity index (χ0) is 22.8. The quantitative estimate of drug-likeness (QED) is 0.719. The van der Waals surface area contributed by atoms with E-state index >= 15 is 0 Å². The maximum absolute atomic E-state index is 13.4. The van der Waals surface area contributed by atoms with Gasteiger partial charge in [0.1, 0.15) is 5.82 Å². The zero-order valence-electron chi connectivity index (χ0n) is 19.5. The van der Waals surface area contributed by atoms with Crippen molar-refractivity contribution in [3.05, 3.63) is 35.9 Å². The topological polar surface area (TPSA) is 66.0 Å². The summed E-state index contributed by atoms with van der Waals surface area (Å²) in [6.07, 6.45) is 3.91. The average molecular weight is 451 g/mol. The van der Waals surface area contributed by atoms with E-state index in [0.29, 0.717) is 37.8 Å². The first kappa shape index (κ1) is 22.1. The van der Waals surface area contributed by atoms with Gasteiger partial charge in [0.05, 0.1) is 24.3 Å². The summed E-state index contributed by atoms with van der Waals surface area (Å²) in [5, 5.41) is 0.891. The number of benzene rings is 1. The summed E-state index contributed by atoms with van der Waals surface area (Å²) in [5.74, 6) is 2.04. The molecule has 0 radical (unpaired) electrons. The van der Waals surface area contributed by atoms with E-state index in [0.717, 1.165) is 74.5 Å². The highest BCUT2D eigenvalue weighted by molar-refractivity contribution is 6.07. The van der Waals surface area contributed by atoms with E-state index in [9.17, 15) is 9.59 Å². The van der Waals surface area contributed by atoms with Crippen LogP contribution < -0.4 is 4.90 Å². The molecule has 1 aromatic heterocycles. The predicted octanol–water partition coefficient (Wildman–Crippen LogP) is 3.18. The van der Waals surface area contributed by atoms with E-state index in [2.05, 4.69) is 16.7 Å². The van der Waals surface area contributed by atoms with Crippen LogP contribution in [0.25, 0.3) is 10.9 Å². The van der Waals surface area contributed by atoms with Crippen molar-refractivity contribution in [3.63, 3.8) is 0 Å². The van der Waals surface area contributed by atoms with Crippen LogP contribution in [0, 0.1) is 11.8 Å². The van der Waals surface area contributed by atoms with Crippen LogP contribution in [0.15, 0.2) is 30.3 Å². The molecule has 0 N–H and O–H groups in total. The third-order valence-corrected chi connectivity index (χ3v) is 7.49. The minimum Gasteiger partial charge on any atom is -0.378 e. The third kappa shape index (κ3) is 4.69. The Hall–Kier alpha value is -2.67. The molecule has 7 nitrogen and oxygen atoms in total. The predicted molar refractivity (Wildman–Crippen MR) is 128 cm³/mol. The summed E-state index contributed by atoms with van der Waals surface area (Å²) in [6, 6.07) is 9.83. The summed E-state index contributed by atoms with van der Waals surface area (Å²) in [6.45, 7) is 8.06. The van der Waals surface area contributed by atoms with Gasteiger partial charge in [-0.05, 0) is 43.7 Å². The lowest BCUT2D eigenvalue weighted by Crippen LogP contribution is -2.45. The standard InChI is InChI=1S/C26H34N4O3/c1-19-6-10-29(11-7-19)25(31)20-8-12-28(13-9-20)24-18-22(21-4-2-3-5-23(21)27-24)26(32)30-14-16-33-17-15-30/h2-5,18-20H,6-17H2,1H3. The first-order chi connectivity index (χ1) is 16.1. The van der Waals surface area contributed by atoms with Gasteiger partial charge < -0.3 is 19.4 Å². The van der Waals surface area contributed by atoms with E-state index < -0.39 is 0 Å². The molecule has 176 valence electrons. The van der Waals surface area contributed by atoms with Crippen LogP contribution in [-0.4, -0.2) is 79.1 Å². The number of nitrogens with zero attached hydrogens (tertiary/aromatic N) is 4.